The van der Waals surface area contributed by atoms with Crippen LogP contribution in [0, 0.1) is 27.7 Å². The number of hydrogen-bond donors (Lipinski definition) is 1. The smallest absolute Gasteiger partial charge is 0.271 e. The molecule has 0 spiro atoms. The van der Waals surface area contributed by atoms with E-state index in [1.807, 2.05) is 42.1 Å². The molecule has 0 aliphatic carbocycles. The van der Waals surface area contributed by atoms with E-state index in [0.717, 1.165) is 34.1 Å². The second kappa shape index (κ2) is 11.2. The molecule has 0 saturated carbocycles. The number of hydrogen-bond acceptors (Lipinski definition) is 3. The van der Waals surface area contributed by atoms with Gasteiger partial charge in [-0.25, -0.2) is 5.43 Å². The van der Waals surface area contributed by atoms with Gasteiger partial charge in [0.05, 0.1) is 6.21 Å². The van der Waals surface area contributed by atoms with Gasteiger partial charge in [-0.1, -0.05) is 48.5 Å². The van der Waals surface area contributed by atoms with Gasteiger partial charge in [0.15, 0.2) is 0 Å². The van der Waals surface area contributed by atoms with E-state index in [0.29, 0.717) is 5.56 Å². The first-order valence-electron chi connectivity index (χ1n) is 11.7. The van der Waals surface area contributed by atoms with Gasteiger partial charge in [0.2, 0.25) is 0 Å². The predicted molar refractivity (Wildman–Crippen MR) is 148 cm³/mol. The van der Waals surface area contributed by atoms with Crippen LogP contribution in [0.2, 0.25) is 0 Å². The monoisotopic (exact) mass is 481 g/mol. The molecular weight excluding hydrogens is 450 g/mol. The molecule has 178 valence electrons. The van der Waals surface area contributed by atoms with E-state index in [4.69, 9.17) is 0 Å². The Morgan fingerprint density at radius 3 is 2.23 bits per heavy atom. The third-order valence-corrected chi connectivity index (χ3v) is 7.26. The molecule has 4 nitrogen and oxygen atoms in total. The molecule has 0 aliphatic heterocycles. The maximum atomic E-state index is 12.6. The number of nitrogens with zero attached hydrogens (tertiary/aromatic N) is 2. The van der Waals surface area contributed by atoms with Crippen LogP contribution in [-0.4, -0.2) is 16.7 Å². The summed E-state index contributed by atoms with van der Waals surface area (Å²) in [4.78, 5) is 12.6. The van der Waals surface area contributed by atoms with Crippen molar-refractivity contribution in [2.45, 2.75) is 39.2 Å². The number of aryl methyl sites for hydroxylation is 3. The minimum Gasteiger partial charge on any atom is -0.318 e. The third-order valence-electron chi connectivity index (χ3n) is 6.19. The molecule has 1 N–H and O–H groups in total. The number of amides is 1. The maximum Gasteiger partial charge on any atom is 0.271 e. The van der Waals surface area contributed by atoms with E-state index >= 15 is 0 Å². The van der Waals surface area contributed by atoms with E-state index in [-0.39, 0.29) is 5.91 Å². The average Bonchev–Trinajstić information content (AvgIpc) is 3.14. The lowest BCUT2D eigenvalue weighted by molar-refractivity contribution is 0.0955. The molecule has 0 atom stereocenters. The van der Waals surface area contributed by atoms with E-state index in [1.54, 1.807) is 6.21 Å². The maximum absolute atomic E-state index is 12.6. The van der Waals surface area contributed by atoms with Crippen LogP contribution in [0.25, 0.3) is 5.69 Å². The lowest BCUT2D eigenvalue weighted by atomic mass is 10.1. The van der Waals surface area contributed by atoms with Gasteiger partial charge >= 0.3 is 0 Å². The van der Waals surface area contributed by atoms with E-state index in [2.05, 4.69) is 91.3 Å². The Labute approximate surface area is 212 Å². The number of hydrazone groups is 1. The van der Waals surface area contributed by atoms with Crippen molar-refractivity contribution >= 4 is 23.9 Å². The molecule has 35 heavy (non-hydrogen) atoms. The Morgan fingerprint density at radius 2 is 1.54 bits per heavy atom. The molecule has 0 aliphatic rings. The highest BCUT2D eigenvalue weighted by molar-refractivity contribution is 7.97. The summed E-state index contributed by atoms with van der Waals surface area (Å²) in [5, 5.41) is 4.22. The van der Waals surface area contributed by atoms with Crippen molar-refractivity contribution in [3.8, 4) is 5.69 Å². The van der Waals surface area contributed by atoms with Crippen molar-refractivity contribution in [3.05, 3.63) is 124 Å². The van der Waals surface area contributed by atoms with Crippen molar-refractivity contribution in [2.24, 2.45) is 5.10 Å². The first-order valence-corrected chi connectivity index (χ1v) is 12.9. The molecule has 1 amide bonds. The summed E-state index contributed by atoms with van der Waals surface area (Å²) >= 11 is 1.86. The van der Waals surface area contributed by atoms with Gasteiger partial charge in [-0.05, 0) is 80.3 Å². The molecule has 1 aromatic heterocycles. The van der Waals surface area contributed by atoms with Gasteiger partial charge in [0.1, 0.15) is 0 Å². The highest BCUT2D eigenvalue weighted by Crippen LogP contribution is 2.22. The molecular formula is C30H31N3OS. The zero-order chi connectivity index (χ0) is 24.8. The number of carbonyl (C=O) groups is 1. The number of rotatable bonds is 8. The molecule has 1 heterocycles. The van der Waals surface area contributed by atoms with Crippen LogP contribution >= 0.6 is 11.8 Å². The van der Waals surface area contributed by atoms with Crippen LogP contribution < -0.4 is 5.43 Å². The van der Waals surface area contributed by atoms with Crippen molar-refractivity contribution in [1.82, 2.24) is 9.99 Å². The number of nitrogens with one attached hydrogen (secondary N) is 1. The zero-order valence-corrected chi connectivity index (χ0v) is 21.5. The fourth-order valence-corrected chi connectivity index (χ4v) is 4.98. The summed E-state index contributed by atoms with van der Waals surface area (Å²) in [6.45, 7) is 8.40. The number of thioether (sulfide) groups is 1. The summed E-state index contributed by atoms with van der Waals surface area (Å²) in [6.07, 6.45) is 1.71. The number of carbonyl (C=O) groups excluding carboxylic acids is 1. The predicted octanol–water partition coefficient (Wildman–Crippen LogP) is 6.91. The standard InChI is InChI=1S/C30H31N3OS/c1-21-10-15-29(16-22(21)2)33-23(3)17-28(24(33)4)18-31-32-30(34)27-13-11-26(12-14-27)20-35-19-25-8-6-5-7-9-25/h5-18H,19-20H2,1-4H3,(H,32,34)/b31-18-. The quantitative estimate of drug-likeness (QED) is 0.220. The van der Waals surface area contributed by atoms with E-state index in [9.17, 15) is 4.79 Å². The first-order chi connectivity index (χ1) is 16.9. The van der Waals surface area contributed by atoms with Crippen molar-refractivity contribution < 1.29 is 4.79 Å². The number of benzene rings is 3. The second-order valence-corrected chi connectivity index (χ2v) is 9.79. The lowest BCUT2D eigenvalue weighted by Crippen LogP contribution is -2.17. The summed E-state index contributed by atoms with van der Waals surface area (Å²) < 4.78 is 2.21. The fourth-order valence-electron chi connectivity index (χ4n) is 4.02. The van der Waals surface area contributed by atoms with E-state index < -0.39 is 0 Å². The van der Waals surface area contributed by atoms with Crippen molar-refractivity contribution in [2.75, 3.05) is 0 Å². The van der Waals surface area contributed by atoms with Crippen LogP contribution in [0.4, 0.5) is 0 Å². The largest absolute Gasteiger partial charge is 0.318 e. The molecule has 3 aromatic carbocycles. The fraction of sp³-hybridized carbons (Fsp3) is 0.200. The molecule has 5 heteroatoms. The summed E-state index contributed by atoms with van der Waals surface area (Å²) in [6, 6.07) is 26.7. The van der Waals surface area contributed by atoms with Crippen molar-refractivity contribution in [1.29, 1.82) is 0 Å². The topological polar surface area (TPSA) is 46.4 Å². The molecule has 0 fully saturated rings. The Bertz CT molecular complexity index is 1340. The van der Waals surface area contributed by atoms with Crippen LogP contribution in [0.5, 0.6) is 0 Å². The Kier molecular flexibility index (Phi) is 7.88. The van der Waals surface area contributed by atoms with Crippen LogP contribution in [0.15, 0.2) is 84.0 Å². The van der Waals surface area contributed by atoms with Crippen LogP contribution in [0.3, 0.4) is 0 Å². The van der Waals surface area contributed by atoms with Gasteiger partial charge in [0.25, 0.3) is 5.91 Å². The number of aromatic nitrogens is 1. The van der Waals surface area contributed by atoms with Gasteiger partial charge < -0.3 is 4.57 Å². The van der Waals surface area contributed by atoms with Gasteiger partial charge in [-0.2, -0.15) is 16.9 Å². The minimum absolute atomic E-state index is 0.215. The highest BCUT2D eigenvalue weighted by atomic mass is 32.2. The molecule has 0 bridgehead atoms. The summed E-state index contributed by atoms with van der Waals surface area (Å²) in [5.74, 6) is 1.67. The normalized spacial score (nSPS) is 11.2. The lowest BCUT2D eigenvalue weighted by Gasteiger charge is -2.11. The molecule has 0 radical (unpaired) electrons. The molecule has 0 unspecified atom stereocenters. The first kappa shape index (κ1) is 24.6. The van der Waals surface area contributed by atoms with E-state index in [1.165, 1.54) is 22.3 Å². The van der Waals surface area contributed by atoms with Crippen molar-refractivity contribution in [3.63, 3.8) is 0 Å². The minimum atomic E-state index is -0.215. The molecule has 4 aromatic rings. The van der Waals surface area contributed by atoms with Gasteiger partial charge in [-0.3, -0.25) is 4.79 Å². The zero-order valence-electron chi connectivity index (χ0n) is 20.7. The van der Waals surface area contributed by atoms with Gasteiger partial charge in [0, 0.05) is 39.7 Å². The molecule has 4 rings (SSSR count). The second-order valence-electron chi connectivity index (χ2n) is 8.80. The Morgan fingerprint density at radius 1 is 0.857 bits per heavy atom. The summed E-state index contributed by atoms with van der Waals surface area (Å²) in [7, 11) is 0. The third kappa shape index (κ3) is 6.11. The van der Waals surface area contributed by atoms with Crippen LogP contribution in [0.1, 0.15) is 49.6 Å². The summed E-state index contributed by atoms with van der Waals surface area (Å²) in [5.41, 5.74) is 12.6. The highest BCUT2D eigenvalue weighted by Gasteiger charge is 2.10. The van der Waals surface area contributed by atoms with Crippen LogP contribution in [-0.2, 0) is 11.5 Å². The molecule has 0 saturated heterocycles. The SMILES string of the molecule is Cc1ccc(-n2c(C)cc(/C=N\NC(=O)c3ccc(CSCc4ccccc4)cc3)c2C)cc1C. The van der Waals surface area contributed by atoms with Gasteiger partial charge in [-0.15, -0.1) is 0 Å². The Hall–Kier alpha value is -3.57. The Balaban J connectivity index is 1.34. The average molecular weight is 482 g/mol.